The highest BCUT2D eigenvalue weighted by molar-refractivity contribution is 5.85. The minimum atomic E-state index is -0.404. The Labute approximate surface area is 69.7 Å². The topological polar surface area (TPSA) is 108 Å². The molecule has 66 valence electrons. The van der Waals surface area contributed by atoms with Crippen LogP contribution in [0.1, 0.15) is 0 Å². The summed E-state index contributed by atoms with van der Waals surface area (Å²) in [7, 11) is 0. The van der Waals surface area contributed by atoms with E-state index in [1.165, 1.54) is 0 Å². The van der Waals surface area contributed by atoms with Crippen molar-refractivity contribution in [2.75, 3.05) is 19.6 Å². The van der Waals surface area contributed by atoms with Crippen molar-refractivity contribution in [2.45, 2.75) is 0 Å². The lowest BCUT2D eigenvalue weighted by Gasteiger charge is -2.01. The molecule has 0 saturated carbocycles. The van der Waals surface area contributed by atoms with Gasteiger partial charge in [-0.05, 0) is 0 Å². The van der Waals surface area contributed by atoms with Crippen molar-refractivity contribution in [1.82, 2.24) is 10.6 Å². The van der Waals surface area contributed by atoms with Gasteiger partial charge in [0.05, 0.1) is 19.2 Å². The molecule has 0 aliphatic heterocycles. The van der Waals surface area contributed by atoms with Crippen LogP contribution in [0.25, 0.3) is 0 Å². The van der Waals surface area contributed by atoms with E-state index in [0.29, 0.717) is 0 Å². The Kier molecular flexibility index (Phi) is 5.30. The van der Waals surface area contributed by atoms with Crippen LogP contribution in [0.5, 0.6) is 0 Å². The molecule has 0 fully saturated rings. The fourth-order valence-corrected chi connectivity index (χ4v) is 0.452. The molecule has 0 aromatic carbocycles. The summed E-state index contributed by atoms with van der Waals surface area (Å²) in [4.78, 5) is 21.2. The lowest BCUT2D eigenvalue weighted by Crippen LogP contribution is -2.39. The molecular formula is C6H10N4O2. The predicted octanol–water partition coefficient (Wildman–Crippen LogP) is -2.30. The van der Waals surface area contributed by atoms with Gasteiger partial charge >= 0.3 is 0 Å². The molecule has 4 N–H and O–H groups in total. The minimum Gasteiger partial charge on any atom is -0.346 e. The van der Waals surface area contributed by atoms with Crippen LogP contribution in [0, 0.1) is 11.3 Å². The summed E-state index contributed by atoms with van der Waals surface area (Å²) in [6, 6.07) is 1.73. The van der Waals surface area contributed by atoms with E-state index in [2.05, 4.69) is 10.6 Å². The Morgan fingerprint density at radius 3 is 2.50 bits per heavy atom. The van der Waals surface area contributed by atoms with Crippen molar-refractivity contribution in [2.24, 2.45) is 5.73 Å². The molecule has 0 atom stereocenters. The Morgan fingerprint density at radius 1 is 1.33 bits per heavy atom. The highest BCUT2D eigenvalue weighted by atomic mass is 16.2. The van der Waals surface area contributed by atoms with Crippen LogP contribution in [0.3, 0.4) is 0 Å². The van der Waals surface area contributed by atoms with Crippen LogP contribution < -0.4 is 16.4 Å². The average molecular weight is 170 g/mol. The number of hydrogen-bond donors (Lipinski definition) is 3. The zero-order valence-electron chi connectivity index (χ0n) is 6.46. The van der Waals surface area contributed by atoms with Gasteiger partial charge in [-0.1, -0.05) is 0 Å². The summed E-state index contributed by atoms with van der Waals surface area (Å²) < 4.78 is 0. The van der Waals surface area contributed by atoms with Gasteiger partial charge in [0.25, 0.3) is 0 Å². The molecule has 0 radical (unpaired) electrons. The highest BCUT2D eigenvalue weighted by Gasteiger charge is 2.01. The zero-order valence-corrected chi connectivity index (χ0v) is 6.46. The Hall–Kier alpha value is -1.61. The fourth-order valence-electron chi connectivity index (χ4n) is 0.452. The molecule has 0 spiro atoms. The van der Waals surface area contributed by atoms with Gasteiger partial charge in [-0.15, -0.1) is 0 Å². The Morgan fingerprint density at radius 2 is 2.00 bits per heavy atom. The molecule has 0 aromatic heterocycles. The van der Waals surface area contributed by atoms with Crippen LogP contribution in [0.2, 0.25) is 0 Å². The predicted molar refractivity (Wildman–Crippen MR) is 40.7 cm³/mol. The van der Waals surface area contributed by atoms with Crippen LogP contribution in [0.4, 0.5) is 0 Å². The second kappa shape index (κ2) is 6.12. The van der Waals surface area contributed by atoms with Crippen LogP contribution in [-0.4, -0.2) is 31.4 Å². The van der Waals surface area contributed by atoms with Crippen LogP contribution >= 0.6 is 0 Å². The van der Waals surface area contributed by atoms with E-state index in [-0.39, 0.29) is 19.6 Å². The molecule has 0 aromatic rings. The van der Waals surface area contributed by atoms with Gasteiger partial charge in [-0.2, -0.15) is 5.26 Å². The van der Waals surface area contributed by atoms with E-state index in [0.717, 1.165) is 0 Å². The first-order chi connectivity index (χ1) is 5.70. The number of carbonyl (C=O) groups is 2. The van der Waals surface area contributed by atoms with Crippen molar-refractivity contribution in [1.29, 1.82) is 5.26 Å². The normalized spacial score (nSPS) is 8.33. The van der Waals surface area contributed by atoms with E-state index < -0.39 is 11.8 Å². The number of nitrogens with two attached hydrogens (primary N) is 1. The lowest BCUT2D eigenvalue weighted by atomic mass is 10.5. The Bertz CT molecular complexity index is 208. The van der Waals surface area contributed by atoms with Gasteiger partial charge in [0.1, 0.15) is 6.54 Å². The number of carbonyl (C=O) groups excluding carboxylic acids is 2. The van der Waals surface area contributed by atoms with Gasteiger partial charge < -0.3 is 16.4 Å². The van der Waals surface area contributed by atoms with Crippen molar-refractivity contribution in [3.8, 4) is 6.07 Å². The summed E-state index contributed by atoms with van der Waals surface area (Å²) in [5.41, 5.74) is 4.96. The number of rotatable bonds is 4. The zero-order chi connectivity index (χ0) is 9.40. The number of hydrogen-bond acceptors (Lipinski definition) is 4. The summed E-state index contributed by atoms with van der Waals surface area (Å²) in [5.74, 6) is -0.805. The summed E-state index contributed by atoms with van der Waals surface area (Å²) in [5, 5.41) is 12.6. The minimum absolute atomic E-state index is 0.0582. The van der Waals surface area contributed by atoms with Gasteiger partial charge in [0, 0.05) is 0 Å². The molecule has 6 heteroatoms. The second-order valence-electron chi connectivity index (χ2n) is 1.92. The van der Waals surface area contributed by atoms with Gasteiger partial charge in [-0.3, -0.25) is 9.59 Å². The molecule has 0 aliphatic carbocycles. The van der Waals surface area contributed by atoms with Crippen molar-refractivity contribution in [3.05, 3.63) is 0 Å². The van der Waals surface area contributed by atoms with Crippen LogP contribution in [0.15, 0.2) is 0 Å². The summed E-state index contributed by atoms with van der Waals surface area (Å²) >= 11 is 0. The largest absolute Gasteiger partial charge is 0.346 e. The number of nitriles is 1. The molecule has 12 heavy (non-hydrogen) atoms. The smallest absolute Gasteiger partial charge is 0.240 e. The maximum atomic E-state index is 10.7. The number of amides is 2. The van der Waals surface area contributed by atoms with E-state index in [9.17, 15) is 9.59 Å². The van der Waals surface area contributed by atoms with E-state index in [1.807, 2.05) is 0 Å². The van der Waals surface area contributed by atoms with Crippen molar-refractivity contribution in [3.63, 3.8) is 0 Å². The highest BCUT2D eigenvalue weighted by Crippen LogP contribution is 1.64. The standard InChI is InChI=1S/C6H10N4O2/c7-1-2-9-6(12)4-10-5(11)3-8/h2-4,8H2,(H,9,12)(H,10,11). The first-order valence-corrected chi connectivity index (χ1v) is 3.31. The second-order valence-corrected chi connectivity index (χ2v) is 1.92. The number of nitrogens with one attached hydrogen (secondary N) is 2. The molecule has 6 nitrogen and oxygen atoms in total. The van der Waals surface area contributed by atoms with E-state index >= 15 is 0 Å². The third-order valence-electron chi connectivity index (χ3n) is 0.996. The SMILES string of the molecule is N#CCNC(=O)CNC(=O)CN. The van der Waals surface area contributed by atoms with Gasteiger partial charge in [0.2, 0.25) is 11.8 Å². The lowest BCUT2D eigenvalue weighted by molar-refractivity contribution is -0.125. The summed E-state index contributed by atoms with van der Waals surface area (Å²) in [6.45, 7) is -0.347. The third kappa shape index (κ3) is 5.20. The van der Waals surface area contributed by atoms with E-state index in [4.69, 9.17) is 11.0 Å². The molecule has 0 aliphatic rings. The average Bonchev–Trinajstić information content (AvgIpc) is 2.10. The molecule has 0 bridgehead atoms. The van der Waals surface area contributed by atoms with E-state index in [1.54, 1.807) is 6.07 Å². The molecule has 0 rings (SSSR count). The molecule has 0 saturated heterocycles. The molecule has 0 unspecified atom stereocenters. The first kappa shape index (κ1) is 10.4. The molecule has 2 amide bonds. The van der Waals surface area contributed by atoms with Crippen molar-refractivity contribution < 1.29 is 9.59 Å². The van der Waals surface area contributed by atoms with Gasteiger partial charge in [-0.25, -0.2) is 0 Å². The maximum Gasteiger partial charge on any atom is 0.240 e. The monoisotopic (exact) mass is 170 g/mol. The first-order valence-electron chi connectivity index (χ1n) is 3.31. The third-order valence-corrected chi connectivity index (χ3v) is 0.996. The van der Waals surface area contributed by atoms with Crippen LogP contribution in [-0.2, 0) is 9.59 Å². The molecule has 0 heterocycles. The Balaban J connectivity index is 3.45. The number of nitrogens with zero attached hydrogens (tertiary/aromatic N) is 1. The quantitative estimate of drug-likeness (QED) is 0.412. The molecular weight excluding hydrogens is 160 g/mol. The summed E-state index contributed by atoms with van der Waals surface area (Å²) in [6.07, 6.45) is 0. The van der Waals surface area contributed by atoms with Crippen molar-refractivity contribution >= 4 is 11.8 Å². The van der Waals surface area contributed by atoms with Gasteiger partial charge in [0.15, 0.2) is 0 Å². The maximum absolute atomic E-state index is 10.7. The fraction of sp³-hybridized carbons (Fsp3) is 0.500.